The first kappa shape index (κ1) is 16.4. The van der Waals surface area contributed by atoms with E-state index >= 15 is 0 Å². The molecule has 1 N–H and O–H groups in total. The van der Waals surface area contributed by atoms with Crippen LogP contribution in [0.5, 0.6) is 0 Å². The maximum Gasteiger partial charge on any atom is 0.226 e. The number of likely N-dealkylation sites (tertiary alicyclic amines) is 1. The summed E-state index contributed by atoms with van der Waals surface area (Å²) in [5, 5.41) is 10.4. The Morgan fingerprint density at radius 1 is 1.26 bits per heavy atom. The molecule has 0 radical (unpaired) electrons. The summed E-state index contributed by atoms with van der Waals surface area (Å²) in [6, 6.07) is 6.26. The van der Waals surface area contributed by atoms with Crippen molar-refractivity contribution >= 4 is 5.91 Å². The van der Waals surface area contributed by atoms with Gasteiger partial charge in [0, 0.05) is 25.7 Å². The number of nitrogens with zero attached hydrogens (tertiary/aromatic N) is 1. The maximum absolute atomic E-state index is 14.0. The Labute approximate surface area is 136 Å². The average molecular weight is 321 g/mol. The van der Waals surface area contributed by atoms with E-state index in [4.69, 9.17) is 4.74 Å². The van der Waals surface area contributed by atoms with E-state index in [1.165, 1.54) is 6.07 Å². The van der Waals surface area contributed by atoms with Gasteiger partial charge >= 0.3 is 0 Å². The minimum absolute atomic E-state index is 0.0304. The van der Waals surface area contributed by atoms with Crippen molar-refractivity contribution in [3.05, 3.63) is 35.6 Å². The van der Waals surface area contributed by atoms with Crippen LogP contribution in [0.4, 0.5) is 4.39 Å². The van der Waals surface area contributed by atoms with Crippen molar-refractivity contribution in [3.8, 4) is 0 Å². The van der Waals surface area contributed by atoms with Crippen molar-refractivity contribution in [2.45, 2.75) is 44.2 Å². The standard InChI is InChI=1S/C18H24FNO3/c19-15-5-2-1-4-14(15)12-16-17(21)6-3-9-20(16)18(22)13-7-10-23-11-8-13/h1-2,4-5,13,16-17,21H,3,6-12H2/t16-,17-/m0/s1. The summed E-state index contributed by atoms with van der Waals surface area (Å²) >= 11 is 0. The average Bonchev–Trinajstić information content (AvgIpc) is 2.58. The number of aliphatic hydroxyl groups excluding tert-OH is 1. The van der Waals surface area contributed by atoms with Crippen LogP contribution in [0.3, 0.4) is 0 Å². The molecule has 2 aliphatic rings. The summed E-state index contributed by atoms with van der Waals surface area (Å²) in [7, 11) is 0. The number of carbonyl (C=O) groups is 1. The number of rotatable bonds is 3. The molecule has 1 aromatic rings. The molecule has 3 rings (SSSR count). The monoisotopic (exact) mass is 321 g/mol. The third-order valence-electron chi connectivity index (χ3n) is 4.98. The van der Waals surface area contributed by atoms with Gasteiger partial charge < -0.3 is 14.7 Å². The van der Waals surface area contributed by atoms with Crippen LogP contribution in [0.25, 0.3) is 0 Å². The van der Waals surface area contributed by atoms with Crippen molar-refractivity contribution < 1.29 is 19.0 Å². The molecule has 4 nitrogen and oxygen atoms in total. The van der Waals surface area contributed by atoms with Gasteiger partial charge in [0.2, 0.25) is 5.91 Å². The molecule has 1 aromatic carbocycles. The van der Waals surface area contributed by atoms with Gasteiger partial charge in [0.15, 0.2) is 0 Å². The highest BCUT2D eigenvalue weighted by atomic mass is 19.1. The SMILES string of the molecule is O=C(C1CCOCC1)N1CCC[C@H](O)[C@@H]1Cc1ccccc1F. The molecule has 23 heavy (non-hydrogen) atoms. The Kier molecular flexibility index (Phi) is 5.28. The molecule has 0 aromatic heterocycles. The van der Waals surface area contributed by atoms with Crippen molar-refractivity contribution in [1.29, 1.82) is 0 Å². The highest BCUT2D eigenvalue weighted by molar-refractivity contribution is 5.79. The van der Waals surface area contributed by atoms with Gasteiger partial charge in [-0.1, -0.05) is 18.2 Å². The molecule has 2 saturated heterocycles. The Morgan fingerprint density at radius 3 is 2.74 bits per heavy atom. The number of piperidine rings is 1. The van der Waals surface area contributed by atoms with E-state index in [-0.39, 0.29) is 23.7 Å². The first-order valence-electron chi connectivity index (χ1n) is 8.46. The molecular formula is C18H24FNO3. The largest absolute Gasteiger partial charge is 0.391 e. The van der Waals surface area contributed by atoms with E-state index in [0.717, 1.165) is 19.3 Å². The summed E-state index contributed by atoms with van der Waals surface area (Å²) in [6.07, 6.45) is 2.70. The van der Waals surface area contributed by atoms with Crippen LogP contribution < -0.4 is 0 Å². The van der Waals surface area contributed by atoms with Gasteiger partial charge in [-0.25, -0.2) is 4.39 Å². The van der Waals surface area contributed by atoms with Crippen LogP contribution in [0, 0.1) is 11.7 Å². The molecule has 0 unspecified atom stereocenters. The lowest BCUT2D eigenvalue weighted by Crippen LogP contribution is -2.54. The van der Waals surface area contributed by atoms with Gasteiger partial charge in [0.05, 0.1) is 12.1 Å². The Hall–Kier alpha value is -1.46. The second-order valence-corrected chi connectivity index (χ2v) is 6.49. The van der Waals surface area contributed by atoms with Crippen molar-refractivity contribution in [1.82, 2.24) is 4.90 Å². The number of aliphatic hydroxyl groups is 1. The Bertz CT molecular complexity index is 545. The van der Waals surface area contributed by atoms with Gasteiger partial charge in [-0.05, 0) is 43.7 Å². The molecule has 1 amide bonds. The molecular weight excluding hydrogens is 297 g/mol. The number of halogens is 1. The summed E-state index contributed by atoms with van der Waals surface area (Å²) in [5.74, 6) is -0.214. The fourth-order valence-corrected chi connectivity index (χ4v) is 3.62. The van der Waals surface area contributed by atoms with E-state index in [1.807, 2.05) is 0 Å². The van der Waals surface area contributed by atoms with Crippen molar-refractivity contribution in [2.75, 3.05) is 19.8 Å². The lowest BCUT2D eigenvalue weighted by Gasteiger charge is -2.41. The fourth-order valence-electron chi connectivity index (χ4n) is 3.62. The topological polar surface area (TPSA) is 49.8 Å². The zero-order valence-corrected chi connectivity index (χ0v) is 13.3. The summed E-state index contributed by atoms with van der Waals surface area (Å²) in [6.45, 7) is 1.88. The third kappa shape index (κ3) is 3.72. The van der Waals surface area contributed by atoms with Gasteiger partial charge in [-0.15, -0.1) is 0 Å². The molecule has 2 fully saturated rings. The maximum atomic E-state index is 14.0. The van der Waals surface area contributed by atoms with E-state index < -0.39 is 6.10 Å². The van der Waals surface area contributed by atoms with E-state index in [9.17, 15) is 14.3 Å². The predicted molar refractivity (Wildman–Crippen MR) is 84.4 cm³/mol. The van der Waals surface area contributed by atoms with Crippen molar-refractivity contribution in [2.24, 2.45) is 5.92 Å². The Balaban J connectivity index is 1.76. The minimum Gasteiger partial charge on any atom is -0.391 e. The van der Waals surface area contributed by atoms with E-state index in [1.54, 1.807) is 23.1 Å². The van der Waals surface area contributed by atoms with E-state index in [0.29, 0.717) is 38.2 Å². The van der Waals surface area contributed by atoms with Gasteiger partial charge in [-0.2, -0.15) is 0 Å². The Morgan fingerprint density at radius 2 is 2.00 bits per heavy atom. The summed E-state index contributed by atoms with van der Waals surface area (Å²) in [5.41, 5.74) is 0.559. The fraction of sp³-hybridized carbons (Fsp3) is 0.611. The van der Waals surface area contributed by atoms with Crippen LogP contribution in [0.15, 0.2) is 24.3 Å². The predicted octanol–water partition coefficient (Wildman–Crippen LogP) is 2.15. The van der Waals surface area contributed by atoms with Gasteiger partial charge in [0.1, 0.15) is 5.82 Å². The van der Waals surface area contributed by atoms with Gasteiger partial charge in [0.25, 0.3) is 0 Å². The molecule has 0 saturated carbocycles. The number of hydrogen-bond donors (Lipinski definition) is 1. The molecule has 126 valence electrons. The lowest BCUT2D eigenvalue weighted by molar-refractivity contribution is -0.146. The first-order valence-corrected chi connectivity index (χ1v) is 8.46. The second kappa shape index (κ2) is 7.41. The van der Waals surface area contributed by atoms with Crippen LogP contribution >= 0.6 is 0 Å². The minimum atomic E-state index is -0.591. The molecule has 2 heterocycles. The number of hydrogen-bond acceptors (Lipinski definition) is 3. The van der Waals surface area contributed by atoms with Crippen LogP contribution in [-0.4, -0.2) is 47.8 Å². The lowest BCUT2D eigenvalue weighted by atomic mass is 9.90. The quantitative estimate of drug-likeness (QED) is 0.928. The zero-order chi connectivity index (χ0) is 16.2. The zero-order valence-electron chi connectivity index (χ0n) is 13.3. The second-order valence-electron chi connectivity index (χ2n) is 6.49. The molecule has 0 bridgehead atoms. The highest BCUT2D eigenvalue weighted by Gasteiger charge is 2.36. The third-order valence-corrected chi connectivity index (χ3v) is 4.98. The molecule has 0 spiro atoms. The smallest absolute Gasteiger partial charge is 0.226 e. The van der Waals surface area contributed by atoms with Crippen molar-refractivity contribution in [3.63, 3.8) is 0 Å². The number of benzene rings is 1. The number of ether oxygens (including phenoxy) is 1. The normalized spacial score (nSPS) is 26.3. The van der Waals surface area contributed by atoms with Crippen LogP contribution in [0.1, 0.15) is 31.2 Å². The summed E-state index contributed by atoms with van der Waals surface area (Å²) < 4.78 is 19.3. The molecule has 2 atom stereocenters. The van der Waals surface area contributed by atoms with Crippen LogP contribution in [0.2, 0.25) is 0 Å². The molecule has 0 aliphatic carbocycles. The van der Waals surface area contributed by atoms with Gasteiger partial charge in [-0.3, -0.25) is 4.79 Å². The number of carbonyl (C=O) groups excluding carboxylic acids is 1. The first-order chi connectivity index (χ1) is 11.2. The molecule has 5 heteroatoms. The van der Waals surface area contributed by atoms with E-state index in [2.05, 4.69) is 0 Å². The van der Waals surface area contributed by atoms with Crippen LogP contribution in [-0.2, 0) is 16.0 Å². The highest BCUT2D eigenvalue weighted by Crippen LogP contribution is 2.27. The molecule has 2 aliphatic heterocycles. The number of amides is 1. The summed E-state index contributed by atoms with van der Waals surface area (Å²) in [4.78, 5) is 14.6.